The normalized spacial score (nSPS) is 13.7. The molecular formula is C25H22F3N5O4. The first-order valence-corrected chi connectivity index (χ1v) is 10.8. The van der Waals surface area contributed by atoms with Crippen molar-refractivity contribution in [1.29, 1.82) is 0 Å². The van der Waals surface area contributed by atoms with Crippen LogP contribution in [0, 0.1) is 0 Å². The van der Waals surface area contributed by atoms with Gasteiger partial charge in [0.05, 0.1) is 22.7 Å². The Balaban J connectivity index is 1.69. The minimum absolute atomic E-state index is 0.0344. The number of carbonyl (C=O) groups excluding carboxylic acids is 2. The van der Waals surface area contributed by atoms with Gasteiger partial charge in [-0.1, -0.05) is 24.3 Å². The second kappa shape index (κ2) is 10.2. The lowest BCUT2D eigenvalue weighted by Crippen LogP contribution is -2.28. The van der Waals surface area contributed by atoms with Gasteiger partial charge in [-0.3, -0.25) is 14.7 Å². The monoisotopic (exact) mass is 516 g/mol. The summed E-state index contributed by atoms with van der Waals surface area (Å²) >= 11 is 0. The number of benzene rings is 2. The number of aromatic amines is 1. The second-order valence-corrected chi connectivity index (χ2v) is 7.87. The molecular weight excluding hydrogens is 491 g/mol. The average Bonchev–Trinajstić information content (AvgIpc) is 3.30. The van der Waals surface area contributed by atoms with Gasteiger partial charge in [0, 0.05) is 29.8 Å². The number of aromatic nitrogens is 3. The van der Waals surface area contributed by atoms with Crippen molar-refractivity contribution < 1.29 is 36.3 Å². The minimum Gasteiger partial charge on any atom is -0.480 e. The maximum atomic E-state index is 13.3. The molecule has 0 saturated carbocycles. The Bertz CT molecular complexity index is 1570. The number of carbonyl (C=O) groups is 2. The van der Waals surface area contributed by atoms with E-state index in [0.29, 0.717) is 22.0 Å². The number of para-hydroxylation sites is 1. The van der Waals surface area contributed by atoms with Crippen LogP contribution < -0.4 is 20.1 Å². The largest absolute Gasteiger partial charge is 0.573 e. The number of methoxy groups -OCH3 is 1. The molecule has 2 amide bonds. The van der Waals surface area contributed by atoms with E-state index in [2.05, 4.69) is 30.6 Å². The molecule has 0 radical (unpaired) electrons. The first-order chi connectivity index (χ1) is 18.8. The maximum Gasteiger partial charge on any atom is 0.573 e. The predicted molar refractivity (Wildman–Crippen MR) is 128 cm³/mol. The Kier molecular flexibility index (Phi) is 5.95. The molecule has 2 aromatic heterocycles. The van der Waals surface area contributed by atoms with Gasteiger partial charge >= 0.3 is 6.36 Å². The van der Waals surface area contributed by atoms with Crippen molar-refractivity contribution in [3.8, 4) is 22.8 Å². The highest BCUT2D eigenvalue weighted by Gasteiger charge is 2.33. The van der Waals surface area contributed by atoms with Gasteiger partial charge in [-0.25, -0.2) is 4.98 Å². The summed E-state index contributed by atoms with van der Waals surface area (Å²) in [4.78, 5) is 29.4. The molecule has 2 aromatic carbocycles. The van der Waals surface area contributed by atoms with Crippen molar-refractivity contribution in [2.75, 3.05) is 14.1 Å². The van der Waals surface area contributed by atoms with Crippen molar-refractivity contribution >= 4 is 22.7 Å². The Labute approximate surface area is 213 Å². The molecule has 0 bridgehead atoms. The topological polar surface area (TPSA) is 118 Å². The highest BCUT2D eigenvalue weighted by Crippen LogP contribution is 2.31. The maximum absolute atomic E-state index is 13.3. The van der Waals surface area contributed by atoms with Gasteiger partial charge in [0.1, 0.15) is 11.3 Å². The van der Waals surface area contributed by atoms with E-state index in [-0.39, 0.29) is 22.7 Å². The van der Waals surface area contributed by atoms with Crippen LogP contribution in [-0.4, -0.2) is 47.4 Å². The lowest BCUT2D eigenvalue weighted by molar-refractivity contribution is -0.275. The van der Waals surface area contributed by atoms with Crippen LogP contribution in [0.4, 0.5) is 13.2 Å². The zero-order valence-electron chi connectivity index (χ0n) is 22.4. The molecule has 0 fully saturated rings. The van der Waals surface area contributed by atoms with Crippen molar-refractivity contribution in [1.82, 2.24) is 25.8 Å². The molecule has 0 saturated heterocycles. The Morgan fingerprint density at radius 3 is 2.62 bits per heavy atom. The number of amides is 2. The highest BCUT2D eigenvalue weighted by molar-refractivity contribution is 6.05. The van der Waals surface area contributed by atoms with Gasteiger partial charge in [-0.15, -0.1) is 13.2 Å². The van der Waals surface area contributed by atoms with E-state index in [4.69, 9.17) is 8.85 Å². The van der Waals surface area contributed by atoms with Gasteiger partial charge in [-0.2, -0.15) is 5.10 Å². The van der Waals surface area contributed by atoms with Gasteiger partial charge < -0.3 is 20.1 Å². The summed E-state index contributed by atoms with van der Waals surface area (Å²) in [7, 11) is -1.46. The molecule has 192 valence electrons. The number of H-pyrrole nitrogens is 1. The number of hydrogen-bond donors (Lipinski definition) is 3. The quantitative estimate of drug-likeness (QED) is 0.336. The predicted octanol–water partition coefficient (Wildman–Crippen LogP) is 4.38. The summed E-state index contributed by atoms with van der Waals surface area (Å²) in [6.45, 7) is 1.44. The summed E-state index contributed by atoms with van der Waals surface area (Å²) in [5.41, 5.74) is 1.39. The Hall–Kier alpha value is -4.61. The summed E-state index contributed by atoms with van der Waals surface area (Å²) < 4.78 is 69.9. The third-order valence-corrected chi connectivity index (χ3v) is 5.49. The number of fused-ring (bicyclic) bond motifs is 1. The number of alkyl halides is 3. The van der Waals surface area contributed by atoms with Crippen LogP contribution >= 0.6 is 0 Å². The van der Waals surface area contributed by atoms with Crippen LogP contribution in [0.25, 0.3) is 22.0 Å². The van der Waals surface area contributed by atoms with E-state index in [0.717, 1.165) is 6.07 Å². The van der Waals surface area contributed by atoms with Crippen molar-refractivity contribution in [3.05, 3.63) is 71.5 Å². The summed E-state index contributed by atoms with van der Waals surface area (Å²) in [6.07, 6.45) is -3.65. The van der Waals surface area contributed by atoms with Crippen molar-refractivity contribution in [3.63, 3.8) is 0 Å². The van der Waals surface area contributed by atoms with E-state index >= 15 is 0 Å². The number of nitrogens with zero attached hydrogens (tertiary/aromatic N) is 2. The first-order valence-electron chi connectivity index (χ1n) is 12.3. The standard InChI is InChI=1S/C25H22F3N5O4/c1-13(16-6-4-5-7-20(16)37-25(26,27)28)31-22(34)18-10-15(12-30-24(18)36-3)14-8-9-17-19(11-14)32-33-21(17)23(35)29-2/h4-13H,1-3H3,(H,29,35)(H,31,34)(H,32,33)/i3D3. The Morgan fingerprint density at radius 1 is 1.11 bits per heavy atom. The van der Waals surface area contributed by atoms with Crippen LogP contribution in [0.3, 0.4) is 0 Å². The van der Waals surface area contributed by atoms with Crippen LogP contribution in [-0.2, 0) is 0 Å². The van der Waals surface area contributed by atoms with E-state index in [1.807, 2.05) is 0 Å². The zero-order chi connectivity index (χ0) is 29.2. The molecule has 12 heteroatoms. The van der Waals surface area contributed by atoms with Crippen LogP contribution in [0.15, 0.2) is 54.7 Å². The van der Waals surface area contributed by atoms with Crippen molar-refractivity contribution in [2.45, 2.75) is 19.3 Å². The average molecular weight is 516 g/mol. The summed E-state index contributed by atoms with van der Waals surface area (Å²) in [5, 5.41) is 12.4. The number of pyridine rings is 1. The molecule has 1 atom stereocenters. The van der Waals surface area contributed by atoms with Gasteiger partial charge in [0.25, 0.3) is 11.8 Å². The van der Waals surface area contributed by atoms with Gasteiger partial charge in [-0.05, 0) is 36.8 Å². The van der Waals surface area contributed by atoms with E-state index < -0.39 is 37.0 Å². The Morgan fingerprint density at radius 2 is 1.89 bits per heavy atom. The number of nitrogens with one attached hydrogen (secondary N) is 3. The molecule has 0 aliphatic heterocycles. The molecule has 1 unspecified atom stereocenters. The summed E-state index contributed by atoms with van der Waals surface area (Å²) in [5.74, 6) is -2.25. The van der Waals surface area contributed by atoms with Gasteiger partial charge in [0.15, 0.2) is 5.69 Å². The fourth-order valence-electron chi connectivity index (χ4n) is 3.75. The smallest absolute Gasteiger partial charge is 0.480 e. The fourth-order valence-corrected chi connectivity index (χ4v) is 3.75. The minimum atomic E-state index is -4.95. The third-order valence-electron chi connectivity index (χ3n) is 5.49. The SMILES string of the molecule is [2H]C([2H])([2H])Oc1ncc(-c2ccc3c(C(=O)NC)n[nH]c3c2)cc1C(=O)NC(C)c1ccccc1OC(F)(F)F. The second-order valence-electron chi connectivity index (χ2n) is 7.87. The molecule has 0 aliphatic carbocycles. The summed E-state index contributed by atoms with van der Waals surface area (Å²) in [6, 6.07) is 10.6. The van der Waals surface area contributed by atoms with E-state index in [9.17, 15) is 22.8 Å². The fraction of sp³-hybridized carbons (Fsp3) is 0.200. The highest BCUT2D eigenvalue weighted by atomic mass is 19.4. The number of rotatable bonds is 7. The number of halogens is 3. The van der Waals surface area contributed by atoms with E-state index in [1.54, 1.807) is 18.2 Å². The number of hydrogen-bond acceptors (Lipinski definition) is 6. The molecule has 0 aliphatic rings. The zero-order valence-corrected chi connectivity index (χ0v) is 19.4. The molecule has 3 N–H and O–H groups in total. The van der Waals surface area contributed by atoms with Crippen LogP contribution in [0.5, 0.6) is 11.6 Å². The first kappa shape index (κ1) is 21.7. The van der Waals surface area contributed by atoms with Crippen LogP contribution in [0.1, 0.15) is 43.5 Å². The molecule has 9 nitrogen and oxygen atoms in total. The molecule has 4 aromatic rings. The molecule has 2 heterocycles. The van der Waals surface area contributed by atoms with Crippen LogP contribution in [0.2, 0.25) is 0 Å². The van der Waals surface area contributed by atoms with E-state index in [1.165, 1.54) is 44.4 Å². The van der Waals surface area contributed by atoms with Crippen molar-refractivity contribution in [2.24, 2.45) is 0 Å². The van der Waals surface area contributed by atoms with Gasteiger partial charge in [0.2, 0.25) is 5.88 Å². The molecule has 4 rings (SSSR count). The molecule has 37 heavy (non-hydrogen) atoms. The number of ether oxygens (including phenoxy) is 2. The molecule has 0 spiro atoms. The third kappa shape index (κ3) is 5.47. The lowest BCUT2D eigenvalue weighted by Gasteiger charge is -2.19. The lowest BCUT2D eigenvalue weighted by atomic mass is 10.0.